The summed E-state index contributed by atoms with van der Waals surface area (Å²) in [7, 11) is 1.33. The van der Waals surface area contributed by atoms with E-state index in [2.05, 4.69) is 18.6 Å². The van der Waals surface area contributed by atoms with E-state index >= 15 is 0 Å². The van der Waals surface area contributed by atoms with E-state index in [0.29, 0.717) is 12.8 Å². The number of rotatable bonds is 15. The molecule has 0 saturated heterocycles. The van der Waals surface area contributed by atoms with Crippen LogP contribution in [-0.2, 0) is 9.53 Å². The van der Waals surface area contributed by atoms with Crippen molar-refractivity contribution < 1.29 is 19.7 Å². The summed E-state index contributed by atoms with van der Waals surface area (Å²) in [6.45, 7) is 8.49. The number of methoxy groups -OCH3 is 1. The zero-order valence-electron chi connectivity index (χ0n) is 17.2. The molecule has 0 radical (unpaired) electrons. The van der Waals surface area contributed by atoms with Crippen molar-refractivity contribution in [3.8, 4) is 0 Å². The van der Waals surface area contributed by atoms with Gasteiger partial charge in [-0.15, -0.1) is 0 Å². The molecule has 0 aromatic heterocycles. The van der Waals surface area contributed by atoms with Crippen LogP contribution in [-0.4, -0.2) is 35.0 Å². The molecule has 0 aliphatic heterocycles. The molecule has 0 aliphatic carbocycles. The van der Waals surface area contributed by atoms with Gasteiger partial charge in [0, 0.05) is 0 Å². The van der Waals surface area contributed by atoms with Gasteiger partial charge in [0.1, 0.15) is 0 Å². The minimum absolute atomic E-state index is 0.00370. The van der Waals surface area contributed by atoms with E-state index in [1.54, 1.807) is 0 Å². The summed E-state index contributed by atoms with van der Waals surface area (Å²) in [4.78, 5) is 11.4. The highest BCUT2D eigenvalue weighted by Crippen LogP contribution is 2.32. The molecule has 0 heterocycles. The monoisotopic (exact) mass is 358 g/mol. The zero-order valence-corrected chi connectivity index (χ0v) is 17.2. The number of carbonyl (C=O) groups is 1. The summed E-state index contributed by atoms with van der Waals surface area (Å²) in [5, 5.41) is 21.3. The van der Waals surface area contributed by atoms with Crippen LogP contribution in [0.5, 0.6) is 0 Å². The highest BCUT2D eigenvalue weighted by molar-refractivity contribution is 5.69. The Hall–Kier alpha value is -0.610. The first-order valence-electron chi connectivity index (χ1n) is 10.3. The summed E-state index contributed by atoms with van der Waals surface area (Å²) < 4.78 is 4.65. The van der Waals surface area contributed by atoms with Gasteiger partial charge in [-0.3, -0.25) is 4.79 Å². The van der Waals surface area contributed by atoms with Gasteiger partial charge < -0.3 is 14.9 Å². The molecule has 0 aromatic carbocycles. The van der Waals surface area contributed by atoms with Gasteiger partial charge in [0.05, 0.1) is 25.2 Å². The maximum absolute atomic E-state index is 11.4. The van der Waals surface area contributed by atoms with Crippen LogP contribution in [0.15, 0.2) is 0 Å². The van der Waals surface area contributed by atoms with E-state index in [4.69, 9.17) is 0 Å². The third kappa shape index (κ3) is 10.2. The maximum Gasteiger partial charge on any atom is 0.308 e. The first-order chi connectivity index (χ1) is 11.9. The van der Waals surface area contributed by atoms with Gasteiger partial charge in [0.2, 0.25) is 0 Å². The third-order valence-corrected chi connectivity index (χ3v) is 5.77. The Morgan fingerprint density at radius 2 is 1.72 bits per heavy atom. The molecule has 0 unspecified atom stereocenters. The van der Waals surface area contributed by atoms with Crippen molar-refractivity contribution in [2.24, 2.45) is 11.8 Å². The van der Waals surface area contributed by atoms with Crippen LogP contribution in [0.25, 0.3) is 0 Å². The fraction of sp³-hybridized carbons (Fsp3) is 0.952. The molecule has 0 fully saturated rings. The van der Waals surface area contributed by atoms with Crippen LogP contribution >= 0.6 is 0 Å². The summed E-state index contributed by atoms with van der Waals surface area (Å²) in [5.41, 5.74) is -0.749. The molecule has 0 bridgehead atoms. The number of esters is 1. The molecule has 4 nitrogen and oxygen atoms in total. The van der Waals surface area contributed by atoms with Crippen molar-refractivity contribution in [2.75, 3.05) is 7.11 Å². The fourth-order valence-corrected chi connectivity index (χ4v) is 3.65. The Bertz CT molecular complexity index is 345. The highest BCUT2D eigenvalue weighted by atomic mass is 16.5. The van der Waals surface area contributed by atoms with Crippen LogP contribution < -0.4 is 0 Å². The number of ether oxygens (including phenoxy) is 1. The summed E-state index contributed by atoms with van der Waals surface area (Å²) in [5.74, 6) is 0.284. The molecule has 4 heteroatoms. The molecular weight excluding hydrogens is 316 g/mol. The minimum Gasteiger partial charge on any atom is -0.469 e. The van der Waals surface area contributed by atoms with Crippen molar-refractivity contribution in [2.45, 2.75) is 110 Å². The number of aliphatic hydroxyl groups is 2. The minimum atomic E-state index is -0.749. The lowest BCUT2D eigenvalue weighted by Crippen LogP contribution is -2.35. The summed E-state index contributed by atoms with van der Waals surface area (Å²) in [6.07, 6.45) is 9.21. The standard InChI is InChI=1S/C21H42O4/c1-6-10-12-17(7-2)13-11-14-21(24,9-4)16-18(8-3)19(22)15-20(23)25-5/h17-19,22,24H,6-16H2,1-5H3/t17-,18-,19-,21-/m0/s1. The van der Waals surface area contributed by atoms with E-state index in [9.17, 15) is 15.0 Å². The average Bonchev–Trinajstić information content (AvgIpc) is 2.62. The van der Waals surface area contributed by atoms with Crippen LogP contribution in [0.3, 0.4) is 0 Å². The highest BCUT2D eigenvalue weighted by Gasteiger charge is 2.32. The van der Waals surface area contributed by atoms with Gasteiger partial charge in [-0.1, -0.05) is 72.6 Å². The van der Waals surface area contributed by atoms with Crippen LogP contribution in [0.2, 0.25) is 0 Å². The van der Waals surface area contributed by atoms with Crippen LogP contribution in [0.4, 0.5) is 0 Å². The molecule has 25 heavy (non-hydrogen) atoms. The van der Waals surface area contributed by atoms with Gasteiger partial charge in [-0.25, -0.2) is 0 Å². The lowest BCUT2D eigenvalue weighted by atomic mass is 9.79. The number of unbranched alkanes of at least 4 members (excludes halogenated alkanes) is 1. The second kappa shape index (κ2) is 13.6. The normalized spacial score (nSPS) is 17.6. The Balaban J connectivity index is 4.55. The van der Waals surface area contributed by atoms with Crippen molar-refractivity contribution in [1.82, 2.24) is 0 Å². The average molecular weight is 359 g/mol. The molecular formula is C21H42O4. The first-order valence-corrected chi connectivity index (χ1v) is 10.3. The predicted octanol–water partition coefficient (Wildman–Crippen LogP) is 4.85. The number of hydrogen-bond acceptors (Lipinski definition) is 4. The van der Waals surface area contributed by atoms with E-state index < -0.39 is 17.7 Å². The topological polar surface area (TPSA) is 66.8 Å². The van der Waals surface area contributed by atoms with E-state index in [1.165, 1.54) is 39.2 Å². The second-order valence-electron chi connectivity index (χ2n) is 7.61. The van der Waals surface area contributed by atoms with E-state index in [1.807, 2.05) is 13.8 Å². The lowest BCUT2D eigenvalue weighted by molar-refractivity contribution is -0.144. The first kappa shape index (κ1) is 24.4. The van der Waals surface area contributed by atoms with Gasteiger partial charge >= 0.3 is 5.97 Å². The molecule has 4 atom stereocenters. The maximum atomic E-state index is 11.4. The molecule has 0 rings (SSSR count). The molecule has 2 N–H and O–H groups in total. The Labute approximate surface area is 155 Å². The Morgan fingerprint density at radius 1 is 1.08 bits per heavy atom. The number of hydrogen-bond donors (Lipinski definition) is 2. The number of carbonyl (C=O) groups excluding carboxylic acids is 1. The van der Waals surface area contributed by atoms with Crippen molar-refractivity contribution >= 4 is 5.97 Å². The van der Waals surface area contributed by atoms with Crippen molar-refractivity contribution in [1.29, 1.82) is 0 Å². The summed E-state index contributed by atoms with van der Waals surface area (Å²) in [6, 6.07) is 0. The number of aliphatic hydroxyl groups excluding tert-OH is 1. The van der Waals surface area contributed by atoms with Crippen LogP contribution in [0, 0.1) is 11.8 Å². The second-order valence-corrected chi connectivity index (χ2v) is 7.61. The fourth-order valence-electron chi connectivity index (χ4n) is 3.65. The molecule has 0 spiro atoms. The molecule has 0 saturated carbocycles. The quantitative estimate of drug-likeness (QED) is 0.410. The van der Waals surface area contributed by atoms with Gasteiger partial charge in [-0.05, 0) is 31.1 Å². The Kier molecular flexibility index (Phi) is 13.2. The predicted molar refractivity (Wildman–Crippen MR) is 103 cm³/mol. The van der Waals surface area contributed by atoms with Crippen molar-refractivity contribution in [3.63, 3.8) is 0 Å². The smallest absolute Gasteiger partial charge is 0.308 e. The SMILES string of the molecule is CCCC[C@H](CC)CCC[C@@](O)(CC)C[C@H](CC)[C@@H](O)CC(=O)OC. The van der Waals surface area contributed by atoms with Gasteiger partial charge in [-0.2, -0.15) is 0 Å². The Morgan fingerprint density at radius 3 is 2.20 bits per heavy atom. The summed E-state index contributed by atoms with van der Waals surface area (Å²) >= 11 is 0. The van der Waals surface area contributed by atoms with E-state index in [0.717, 1.165) is 25.2 Å². The van der Waals surface area contributed by atoms with E-state index in [-0.39, 0.29) is 12.3 Å². The molecule has 0 aromatic rings. The molecule has 0 amide bonds. The largest absolute Gasteiger partial charge is 0.469 e. The van der Waals surface area contributed by atoms with Crippen LogP contribution in [0.1, 0.15) is 98.3 Å². The molecule has 0 aliphatic rings. The third-order valence-electron chi connectivity index (χ3n) is 5.77. The molecule has 150 valence electrons. The van der Waals surface area contributed by atoms with Crippen molar-refractivity contribution in [3.05, 3.63) is 0 Å². The lowest BCUT2D eigenvalue weighted by Gasteiger charge is -2.33. The van der Waals surface area contributed by atoms with Gasteiger partial charge in [0.25, 0.3) is 0 Å². The zero-order chi connectivity index (χ0) is 19.3. The van der Waals surface area contributed by atoms with Gasteiger partial charge in [0.15, 0.2) is 0 Å².